The predicted molar refractivity (Wildman–Crippen MR) is 76.1 cm³/mol. The van der Waals surface area contributed by atoms with Crippen LogP contribution < -0.4 is 5.73 Å². The predicted octanol–water partition coefficient (Wildman–Crippen LogP) is 3.26. The van der Waals surface area contributed by atoms with Gasteiger partial charge in [0.25, 0.3) is 0 Å². The van der Waals surface area contributed by atoms with Crippen molar-refractivity contribution >= 4 is 33.8 Å². The quantitative estimate of drug-likeness (QED) is 0.799. The highest BCUT2D eigenvalue weighted by Gasteiger charge is 2.08. The third-order valence-corrected chi connectivity index (χ3v) is 3.96. The highest BCUT2D eigenvalue weighted by Crippen LogP contribution is 2.25. The second kappa shape index (κ2) is 4.72. The summed E-state index contributed by atoms with van der Waals surface area (Å²) >= 11 is 7.72. The molecule has 0 saturated heterocycles. The van der Waals surface area contributed by atoms with Crippen molar-refractivity contribution in [1.29, 1.82) is 0 Å². The van der Waals surface area contributed by atoms with E-state index in [0.717, 1.165) is 22.6 Å². The second-order valence-electron chi connectivity index (χ2n) is 4.12. The highest BCUT2D eigenvalue weighted by molar-refractivity contribution is 7.09. The van der Waals surface area contributed by atoms with Gasteiger partial charge in [0.15, 0.2) is 0 Å². The van der Waals surface area contributed by atoms with Gasteiger partial charge in [0.2, 0.25) is 0 Å². The number of halogens is 1. The smallest absolute Gasteiger partial charge is 0.0794 e. The SMILES string of the molecule is NCc1cn(Cc2cncs2)c2cc(Cl)ccc12. The van der Waals surface area contributed by atoms with Gasteiger partial charge in [-0.1, -0.05) is 17.7 Å². The van der Waals surface area contributed by atoms with Crippen LogP contribution in [0.2, 0.25) is 5.02 Å². The van der Waals surface area contributed by atoms with Gasteiger partial charge < -0.3 is 10.3 Å². The van der Waals surface area contributed by atoms with Crippen molar-refractivity contribution < 1.29 is 0 Å². The van der Waals surface area contributed by atoms with Gasteiger partial charge in [-0.15, -0.1) is 11.3 Å². The average Bonchev–Trinajstić information content (AvgIpc) is 2.98. The van der Waals surface area contributed by atoms with Crippen molar-refractivity contribution in [3.05, 3.63) is 51.6 Å². The zero-order valence-corrected chi connectivity index (χ0v) is 11.2. The van der Waals surface area contributed by atoms with E-state index in [4.69, 9.17) is 17.3 Å². The largest absolute Gasteiger partial charge is 0.342 e. The summed E-state index contributed by atoms with van der Waals surface area (Å²) in [5, 5.41) is 1.92. The summed E-state index contributed by atoms with van der Waals surface area (Å²) in [5.74, 6) is 0. The molecule has 0 atom stereocenters. The molecule has 0 aliphatic rings. The Kier molecular flexibility index (Phi) is 3.07. The van der Waals surface area contributed by atoms with Crippen LogP contribution in [0.25, 0.3) is 10.9 Å². The standard InChI is InChI=1S/C13H12ClN3S/c14-10-1-2-12-9(4-15)6-17(13(12)3-10)7-11-5-16-8-18-11/h1-3,5-6,8H,4,7,15H2. The van der Waals surface area contributed by atoms with Crippen molar-refractivity contribution in [1.82, 2.24) is 9.55 Å². The lowest BCUT2D eigenvalue weighted by Crippen LogP contribution is -1.97. The number of thiazole rings is 1. The van der Waals surface area contributed by atoms with E-state index in [9.17, 15) is 0 Å². The van der Waals surface area contributed by atoms with Crippen LogP contribution in [-0.4, -0.2) is 9.55 Å². The molecule has 0 aliphatic carbocycles. The summed E-state index contributed by atoms with van der Waals surface area (Å²) in [6.45, 7) is 1.34. The maximum Gasteiger partial charge on any atom is 0.0794 e. The summed E-state index contributed by atoms with van der Waals surface area (Å²) in [4.78, 5) is 5.32. The highest BCUT2D eigenvalue weighted by atomic mass is 35.5. The van der Waals surface area contributed by atoms with Crippen LogP contribution in [0.5, 0.6) is 0 Å². The molecular weight excluding hydrogens is 266 g/mol. The van der Waals surface area contributed by atoms with Crippen LogP contribution in [-0.2, 0) is 13.1 Å². The second-order valence-corrected chi connectivity index (χ2v) is 5.52. The number of hydrogen-bond acceptors (Lipinski definition) is 3. The molecule has 0 bridgehead atoms. The van der Waals surface area contributed by atoms with E-state index in [1.807, 2.05) is 29.9 Å². The molecular formula is C13H12ClN3S. The minimum absolute atomic E-state index is 0.536. The van der Waals surface area contributed by atoms with Gasteiger partial charge in [-0.05, 0) is 17.7 Å². The molecule has 18 heavy (non-hydrogen) atoms. The molecule has 2 aromatic heterocycles. The molecule has 92 valence electrons. The molecule has 0 radical (unpaired) electrons. The first kappa shape index (κ1) is 11.7. The van der Waals surface area contributed by atoms with Crippen molar-refractivity contribution in [2.24, 2.45) is 5.73 Å². The zero-order chi connectivity index (χ0) is 12.5. The summed E-state index contributed by atoms with van der Waals surface area (Å²) in [7, 11) is 0. The van der Waals surface area contributed by atoms with Crippen LogP contribution in [0.3, 0.4) is 0 Å². The molecule has 3 nitrogen and oxygen atoms in total. The number of rotatable bonds is 3. The molecule has 0 aliphatic heterocycles. The Morgan fingerprint density at radius 1 is 1.39 bits per heavy atom. The lowest BCUT2D eigenvalue weighted by atomic mass is 10.2. The van der Waals surface area contributed by atoms with E-state index < -0.39 is 0 Å². The molecule has 3 aromatic rings. The van der Waals surface area contributed by atoms with Crippen LogP contribution in [0.1, 0.15) is 10.4 Å². The van der Waals surface area contributed by atoms with Crippen molar-refractivity contribution in [3.8, 4) is 0 Å². The molecule has 0 spiro atoms. The van der Waals surface area contributed by atoms with Gasteiger partial charge in [0.1, 0.15) is 0 Å². The fourth-order valence-electron chi connectivity index (χ4n) is 2.12. The average molecular weight is 278 g/mol. The topological polar surface area (TPSA) is 43.8 Å². The number of aromatic nitrogens is 2. The Morgan fingerprint density at radius 2 is 2.28 bits per heavy atom. The first-order valence-corrected chi connectivity index (χ1v) is 6.88. The number of hydrogen-bond donors (Lipinski definition) is 1. The maximum atomic E-state index is 6.07. The van der Waals surface area contributed by atoms with Crippen molar-refractivity contribution in [2.75, 3.05) is 0 Å². The third kappa shape index (κ3) is 2.03. The fourth-order valence-corrected chi connectivity index (χ4v) is 2.88. The van der Waals surface area contributed by atoms with Crippen LogP contribution in [0.15, 0.2) is 36.1 Å². The van der Waals surface area contributed by atoms with E-state index in [2.05, 4.69) is 15.7 Å². The lowest BCUT2D eigenvalue weighted by molar-refractivity contribution is 0.841. The third-order valence-electron chi connectivity index (χ3n) is 2.96. The molecule has 0 amide bonds. The number of nitrogens with zero attached hydrogens (tertiary/aromatic N) is 2. The van der Waals surface area contributed by atoms with Gasteiger partial charge in [-0.2, -0.15) is 0 Å². The van der Waals surface area contributed by atoms with Crippen LogP contribution >= 0.6 is 22.9 Å². The molecule has 2 N–H and O–H groups in total. The van der Waals surface area contributed by atoms with E-state index in [1.54, 1.807) is 11.3 Å². The Morgan fingerprint density at radius 3 is 3.00 bits per heavy atom. The molecule has 1 aromatic carbocycles. The summed E-state index contributed by atoms with van der Waals surface area (Å²) in [6.07, 6.45) is 3.99. The van der Waals surface area contributed by atoms with Crippen molar-refractivity contribution in [2.45, 2.75) is 13.1 Å². The monoisotopic (exact) mass is 277 g/mol. The van der Waals surface area contributed by atoms with Gasteiger partial charge in [0.05, 0.1) is 17.6 Å². The van der Waals surface area contributed by atoms with Gasteiger partial charge >= 0.3 is 0 Å². The molecule has 3 rings (SSSR count). The van der Waals surface area contributed by atoms with Crippen LogP contribution in [0.4, 0.5) is 0 Å². The zero-order valence-electron chi connectivity index (χ0n) is 9.64. The molecule has 0 unspecified atom stereocenters. The van der Waals surface area contributed by atoms with Gasteiger partial charge in [-0.3, -0.25) is 4.98 Å². The van der Waals surface area contributed by atoms with E-state index in [0.29, 0.717) is 6.54 Å². The number of benzene rings is 1. The van der Waals surface area contributed by atoms with E-state index in [-0.39, 0.29) is 0 Å². The summed E-state index contributed by atoms with van der Waals surface area (Å²) in [5.41, 5.74) is 9.90. The summed E-state index contributed by atoms with van der Waals surface area (Å²) in [6, 6.07) is 5.92. The first-order chi connectivity index (χ1) is 8.78. The Labute approximate surface area is 114 Å². The molecule has 0 fully saturated rings. The number of fused-ring (bicyclic) bond motifs is 1. The normalized spacial score (nSPS) is 11.2. The Bertz CT molecular complexity index is 673. The van der Waals surface area contributed by atoms with Crippen LogP contribution in [0, 0.1) is 0 Å². The van der Waals surface area contributed by atoms with Gasteiger partial charge in [-0.25, -0.2) is 0 Å². The number of nitrogens with two attached hydrogens (primary N) is 1. The lowest BCUT2D eigenvalue weighted by Gasteiger charge is -2.02. The molecule has 0 saturated carbocycles. The maximum absolute atomic E-state index is 6.07. The Hall–Kier alpha value is -1.36. The Balaban J connectivity index is 2.13. The summed E-state index contributed by atoms with van der Waals surface area (Å²) < 4.78 is 2.18. The fraction of sp³-hybridized carbons (Fsp3) is 0.154. The molecule has 5 heteroatoms. The van der Waals surface area contributed by atoms with Crippen molar-refractivity contribution in [3.63, 3.8) is 0 Å². The minimum Gasteiger partial charge on any atom is -0.342 e. The minimum atomic E-state index is 0.536. The first-order valence-electron chi connectivity index (χ1n) is 5.62. The molecule has 2 heterocycles. The van der Waals surface area contributed by atoms with Gasteiger partial charge in [0, 0.05) is 34.2 Å². The van der Waals surface area contributed by atoms with E-state index >= 15 is 0 Å². The van der Waals surface area contributed by atoms with E-state index in [1.165, 1.54) is 10.3 Å².